The number of benzene rings is 2. The van der Waals surface area contributed by atoms with E-state index >= 15 is 0 Å². The van der Waals surface area contributed by atoms with E-state index in [4.69, 9.17) is 15.9 Å². The molecule has 1 unspecified atom stereocenters. The second-order valence-electron chi connectivity index (χ2n) is 6.52. The molecule has 0 saturated carbocycles. The maximum absolute atomic E-state index is 12.7. The zero-order chi connectivity index (χ0) is 20.8. The van der Waals surface area contributed by atoms with E-state index in [2.05, 4.69) is 5.32 Å². The molecule has 2 aromatic carbocycles. The highest BCUT2D eigenvalue weighted by atomic mass is 16.5. The van der Waals surface area contributed by atoms with Crippen LogP contribution in [0.4, 0.5) is 0 Å². The minimum atomic E-state index is -0.610. The molecular weight excluding hydrogens is 368 g/mol. The number of hydrogen-bond acceptors (Lipinski definition) is 5. The van der Waals surface area contributed by atoms with E-state index in [0.717, 1.165) is 11.1 Å². The maximum Gasteiger partial charge on any atom is 0.356 e. The highest BCUT2D eigenvalue weighted by Crippen LogP contribution is 2.18. The number of methoxy groups -OCH3 is 1. The second kappa shape index (κ2) is 8.88. The van der Waals surface area contributed by atoms with Crippen molar-refractivity contribution in [2.75, 3.05) is 7.11 Å². The summed E-state index contributed by atoms with van der Waals surface area (Å²) in [6, 6.07) is 16.2. The number of nitrogens with zero attached hydrogens (tertiary/aromatic N) is 1. The lowest BCUT2D eigenvalue weighted by atomic mass is 10.1. The summed E-state index contributed by atoms with van der Waals surface area (Å²) in [4.78, 5) is 26.4. The van der Waals surface area contributed by atoms with Crippen molar-refractivity contribution in [1.82, 2.24) is 10.2 Å². The van der Waals surface area contributed by atoms with Gasteiger partial charge in [0.05, 0.1) is 7.11 Å². The van der Waals surface area contributed by atoms with Crippen LogP contribution in [0.2, 0.25) is 0 Å². The predicted octanol–water partition coefficient (Wildman–Crippen LogP) is 2.00. The van der Waals surface area contributed by atoms with E-state index in [9.17, 15) is 9.59 Å². The van der Waals surface area contributed by atoms with E-state index < -0.39 is 12.0 Å². The van der Waals surface area contributed by atoms with Crippen LogP contribution in [0.5, 0.6) is 0 Å². The van der Waals surface area contributed by atoms with Crippen molar-refractivity contribution in [1.29, 1.82) is 5.41 Å². The largest absolute Gasteiger partial charge is 0.464 e. The van der Waals surface area contributed by atoms with Gasteiger partial charge in [-0.25, -0.2) is 4.79 Å². The fraction of sp³-hybridized carbons (Fsp3) is 0.136. The number of rotatable bonds is 6. The van der Waals surface area contributed by atoms with Gasteiger partial charge in [0, 0.05) is 18.3 Å². The van der Waals surface area contributed by atoms with Gasteiger partial charge >= 0.3 is 5.97 Å². The van der Waals surface area contributed by atoms with Crippen molar-refractivity contribution in [3.05, 3.63) is 89.3 Å². The predicted molar refractivity (Wildman–Crippen MR) is 111 cm³/mol. The normalized spacial score (nSPS) is 16.3. The molecule has 1 heterocycles. The third kappa shape index (κ3) is 4.90. The number of nitrogens with one attached hydrogen (secondary N) is 2. The van der Waals surface area contributed by atoms with Crippen molar-refractivity contribution < 1.29 is 14.3 Å². The lowest BCUT2D eigenvalue weighted by molar-refractivity contribution is -0.139. The molecule has 1 aliphatic rings. The zero-order valence-corrected chi connectivity index (χ0v) is 16.0. The number of carbonyl (C=O) groups excluding carboxylic acids is 2. The van der Waals surface area contributed by atoms with E-state index in [1.165, 1.54) is 7.11 Å². The van der Waals surface area contributed by atoms with Gasteiger partial charge in [0.15, 0.2) is 0 Å². The molecule has 7 nitrogen and oxygen atoms in total. The molecule has 1 amide bonds. The number of nitrogen functional groups attached to an aromatic ring is 1. The Labute approximate surface area is 169 Å². The molecule has 0 aliphatic carbocycles. The van der Waals surface area contributed by atoms with Crippen molar-refractivity contribution in [2.45, 2.75) is 12.6 Å². The minimum Gasteiger partial charge on any atom is -0.464 e. The van der Waals surface area contributed by atoms with Crippen molar-refractivity contribution >= 4 is 23.8 Å². The van der Waals surface area contributed by atoms with Crippen molar-refractivity contribution in [3.8, 4) is 0 Å². The molecule has 0 spiro atoms. The molecule has 4 N–H and O–H groups in total. The third-order valence-corrected chi connectivity index (χ3v) is 4.48. The van der Waals surface area contributed by atoms with Crippen LogP contribution in [0, 0.1) is 5.41 Å². The Hall–Kier alpha value is -3.87. The molecule has 1 aliphatic heterocycles. The zero-order valence-electron chi connectivity index (χ0n) is 16.0. The first-order chi connectivity index (χ1) is 14.0. The average molecular weight is 390 g/mol. The Kier molecular flexibility index (Phi) is 6.09. The Morgan fingerprint density at radius 1 is 1.21 bits per heavy atom. The first kappa shape index (κ1) is 19.9. The van der Waals surface area contributed by atoms with Crippen LogP contribution in [0.3, 0.4) is 0 Å². The van der Waals surface area contributed by atoms with Crippen LogP contribution in [-0.4, -0.2) is 35.8 Å². The summed E-state index contributed by atoms with van der Waals surface area (Å²) in [6.07, 6.45) is 5.25. The number of amidine groups is 1. The van der Waals surface area contributed by atoms with Gasteiger partial charge < -0.3 is 20.7 Å². The summed E-state index contributed by atoms with van der Waals surface area (Å²) in [7, 11) is 1.27. The van der Waals surface area contributed by atoms with E-state index in [1.54, 1.807) is 29.3 Å². The Balaban J connectivity index is 1.89. The van der Waals surface area contributed by atoms with E-state index in [0.29, 0.717) is 12.1 Å². The number of hydrogen-bond donors (Lipinski definition) is 3. The molecule has 29 heavy (non-hydrogen) atoms. The Bertz CT molecular complexity index is 965. The first-order valence-corrected chi connectivity index (χ1v) is 9.01. The second-order valence-corrected chi connectivity index (χ2v) is 6.52. The van der Waals surface area contributed by atoms with Crippen molar-refractivity contribution in [3.63, 3.8) is 0 Å². The van der Waals surface area contributed by atoms with Gasteiger partial charge in [-0.2, -0.15) is 0 Å². The van der Waals surface area contributed by atoms with Gasteiger partial charge in [-0.3, -0.25) is 10.2 Å². The lowest BCUT2D eigenvalue weighted by Crippen LogP contribution is -2.49. The van der Waals surface area contributed by atoms with Crippen LogP contribution in [-0.2, 0) is 20.9 Å². The van der Waals surface area contributed by atoms with Crippen molar-refractivity contribution in [2.24, 2.45) is 5.73 Å². The highest BCUT2D eigenvalue weighted by molar-refractivity contribution is 5.97. The van der Waals surface area contributed by atoms with Gasteiger partial charge in [0.2, 0.25) is 0 Å². The van der Waals surface area contributed by atoms with Crippen LogP contribution in [0.25, 0.3) is 6.08 Å². The van der Waals surface area contributed by atoms with E-state index in [1.807, 2.05) is 48.5 Å². The van der Waals surface area contributed by atoms with Crippen LogP contribution < -0.4 is 11.1 Å². The van der Waals surface area contributed by atoms with Crippen LogP contribution >= 0.6 is 0 Å². The average Bonchev–Trinajstić information content (AvgIpc) is 2.73. The number of nitrogens with two attached hydrogens (primary N) is 1. The summed E-state index contributed by atoms with van der Waals surface area (Å²) in [6.45, 7) is 0.385. The molecule has 0 aromatic heterocycles. The van der Waals surface area contributed by atoms with Gasteiger partial charge in [-0.1, -0.05) is 66.7 Å². The SMILES string of the molecule is COC(=O)C1=CN(Cc2ccc(C(=N)N)cc2)C(/C=C/c2ccccc2)C(=O)N1. The standard InChI is InChI=1S/C22H22N4O3/c1-29-22(28)18-14-26(13-16-7-10-17(11-8-16)20(23)24)19(21(27)25-18)12-9-15-5-3-2-4-6-15/h2-12,14,19H,13H2,1H3,(H3,23,24)(H,25,27)/b12-9+. The number of carbonyl (C=O) groups is 2. The summed E-state index contributed by atoms with van der Waals surface area (Å²) in [5, 5.41) is 10.1. The summed E-state index contributed by atoms with van der Waals surface area (Å²) < 4.78 is 4.74. The third-order valence-electron chi connectivity index (χ3n) is 4.48. The maximum atomic E-state index is 12.7. The molecule has 1 atom stereocenters. The van der Waals surface area contributed by atoms with Crippen LogP contribution in [0.15, 0.2) is 72.6 Å². The van der Waals surface area contributed by atoms with Gasteiger partial charge in [0.25, 0.3) is 5.91 Å². The first-order valence-electron chi connectivity index (χ1n) is 9.01. The molecular formula is C22H22N4O3. The molecule has 0 radical (unpaired) electrons. The molecule has 7 heteroatoms. The van der Waals surface area contributed by atoms with E-state index in [-0.39, 0.29) is 17.4 Å². The number of amides is 1. The molecule has 3 rings (SSSR count). The molecule has 0 bridgehead atoms. The summed E-state index contributed by atoms with van der Waals surface area (Å²) >= 11 is 0. The molecule has 0 saturated heterocycles. The minimum absolute atomic E-state index is 0.00885. The van der Waals surface area contributed by atoms with Gasteiger partial charge in [-0.15, -0.1) is 0 Å². The number of ether oxygens (including phenoxy) is 1. The smallest absolute Gasteiger partial charge is 0.356 e. The number of esters is 1. The fourth-order valence-electron chi connectivity index (χ4n) is 2.96. The Morgan fingerprint density at radius 3 is 2.52 bits per heavy atom. The van der Waals surface area contributed by atoms with Gasteiger partial charge in [0.1, 0.15) is 17.6 Å². The monoisotopic (exact) mass is 390 g/mol. The van der Waals surface area contributed by atoms with Crippen LogP contribution in [0.1, 0.15) is 16.7 Å². The molecule has 2 aromatic rings. The molecule has 148 valence electrons. The lowest BCUT2D eigenvalue weighted by Gasteiger charge is -2.32. The fourth-order valence-corrected chi connectivity index (χ4v) is 2.96. The highest BCUT2D eigenvalue weighted by Gasteiger charge is 2.30. The summed E-state index contributed by atoms with van der Waals surface area (Å²) in [5.74, 6) is -0.938. The van der Waals surface area contributed by atoms with Gasteiger partial charge in [-0.05, 0) is 11.1 Å². The topological polar surface area (TPSA) is 109 Å². The summed E-state index contributed by atoms with van der Waals surface area (Å²) in [5.41, 5.74) is 8.08. The Morgan fingerprint density at radius 2 is 1.90 bits per heavy atom. The quantitative estimate of drug-likeness (QED) is 0.397. The molecule has 0 fully saturated rings.